The molecule has 0 aromatic heterocycles. The van der Waals surface area contributed by atoms with Crippen molar-refractivity contribution in [3.63, 3.8) is 0 Å². The molecule has 1 saturated heterocycles. The fraction of sp³-hybridized carbons (Fsp3) is 0.941. The zero-order valence-electron chi connectivity index (χ0n) is 14.1. The minimum atomic E-state index is -0.747. The Labute approximate surface area is 129 Å². The van der Waals surface area contributed by atoms with E-state index >= 15 is 0 Å². The van der Waals surface area contributed by atoms with Gasteiger partial charge in [0.1, 0.15) is 5.54 Å². The van der Waals surface area contributed by atoms with Gasteiger partial charge in [0, 0.05) is 12.6 Å². The summed E-state index contributed by atoms with van der Waals surface area (Å²) in [6.07, 6.45) is 5.67. The number of nitrogens with one attached hydrogen (secondary N) is 1. The Hall–Kier alpha value is -0.610. The first kappa shape index (κ1) is 16.8. The molecule has 4 heteroatoms. The highest BCUT2D eigenvalue weighted by Gasteiger charge is 2.52. The lowest BCUT2D eigenvalue weighted by molar-refractivity contribution is -0.147. The van der Waals surface area contributed by atoms with E-state index < -0.39 is 11.5 Å². The van der Waals surface area contributed by atoms with Gasteiger partial charge in [-0.1, -0.05) is 13.8 Å². The first-order chi connectivity index (χ1) is 9.75. The predicted molar refractivity (Wildman–Crippen MR) is 85.4 cm³/mol. The number of carboxylic acids is 1. The van der Waals surface area contributed by atoms with Crippen LogP contribution in [-0.4, -0.2) is 47.2 Å². The molecule has 0 radical (unpaired) electrons. The van der Waals surface area contributed by atoms with Gasteiger partial charge in [0.2, 0.25) is 0 Å². The maximum absolute atomic E-state index is 12.0. The number of carboxylic acid groups (broad SMARTS) is 1. The van der Waals surface area contributed by atoms with Crippen molar-refractivity contribution >= 4 is 5.97 Å². The normalized spacial score (nSPS) is 26.3. The Bertz CT molecular complexity index is 377. The van der Waals surface area contributed by atoms with E-state index in [2.05, 4.69) is 24.1 Å². The second-order valence-corrected chi connectivity index (χ2v) is 8.14. The summed E-state index contributed by atoms with van der Waals surface area (Å²) in [5.74, 6) is -0.365. The van der Waals surface area contributed by atoms with Gasteiger partial charge in [-0.05, 0) is 70.4 Å². The molecule has 1 aliphatic heterocycles. The first-order valence-corrected chi connectivity index (χ1v) is 8.49. The molecule has 0 aromatic carbocycles. The highest BCUT2D eigenvalue weighted by molar-refractivity contribution is 5.80. The lowest BCUT2D eigenvalue weighted by Gasteiger charge is -2.37. The van der Waals surface area contributed by atoms with Gasteiger partial charge in [-0.2, -0.15) is 0 Å². The SMILES string of the molecule is CC(C)NC(CN1CCCC(C)(C)CC1)(C(=O)O)C1CC1. The Morgan fingerprint density at radius 2 is 2.00 bits per heavy atom. The van der Waals surface area contributed by atoms with Crippen molar-refractivity contribution in [2.24, 2.45) is 11.3 Å². The molecule has 0 spiro atoms. The number of carbonyl (C=O) groups is 1. The molecule has 1 aliphatic carbocycles. The van der Waals surface area contributed by atoms with E-state index in [0.717, 1.165) is 32.4 Å². The van der Waals surface area contributed by atoms with Crippen LogP contribution in [0.15, 0.2) is 0 Å². The average Bonchev–Trinajstić information content (AvgIpc) is 3.17. The lowest BCUT2D eigenvalue weighted by Crippen LogP contribution is -2.62. The molecule has 0 bridgehead atoms. The summed E-state index contributed by atoms with van der Waals surface area (Å²) < 4.78 is 0. The van der Waals surface area contributed by atoms with Crippen LogP contribution in [0, 0.1) is 11.3 Å². The molecular formula is C17H32N2O2. The zero-order valence-corrected chi connectivity index (χ0v) is 14.1. The maximum atomic E-state index is 12.0. The Balaban J connectivity index is 2.09. The van der Waals surface area contributed by atoms with Gasteiger partial charge in [-0.3, -0.25) is 10.1 Å². The third kappa shape index (κ3) is 4.19. The molecule has 2 N–H and O–H groups in total. The largest absolute Gasteiger partial charge is 0.480 e. The van der Waals surface area contributed by atoms with Gasteiger partial charge in [0.15, 0.2) is 0 Å². The van der Waals surface area contributed by atoms with Crippen molar-refractivity contribution in [2.75, 3.05) is 19.6 Å². The molecule has 1 saturated carbocycles. The van der Waals surface area contributed by atoms with Gasteiger partial charge in [-0.25, -0.2) is 0 Å². The Morgan fingerprint density at radius 3 is 2.52 bits per heavy atom. The molecule has 1 atom stereocenters. The van der Waals surface area contributed by atoms with Crippen molar-refractivity contribution in [2.45, 2.75) is 71.4 Å². The summed E-state index contributed by atoms with van der Waals surface area (Å²) in [6, 6.07) is 0.199. The molecule has 0 amide bonds. The summed E-state index contributed by atoms with van der Waals surface area (Å²) in [7, 11) is 0. The van der Waals surface area contributed by atoms with Crippen LogP contribution < -0.4 is 5.32 Å². The topological polar surface area (TPSA) is 52.6 Å². The van der Waals surface area contributed by atoms with Crippen LogP contribution in [0.25, 0.3) is 0 Å². The molecule has 21 heavy (non-hydrogen) atoms. The van der Waals surface area contributed by atoms with Crippen LogP contribution in [0.1, 0.15) is 59.8 Å². The molecular weight excluding hydrogens is 264 g/mol. The second-order valence-electron chi connectivity index (χ2n) is 8.14. The fourth-order valence-corrected chi connectivity index (χ4v) is 3.68. The maximum Gasteiger partial charge on any atom is 0.325 e. The average molecular weight is 296 g/mol. The van der Waals surface area contributed by atoms with E-state index in [1.54, 1.807) is 0 Å². The number of nitrogens with zero attached hydrogens (tertiary/aromatic N) is 1. The smallest absolute Gasteiger partial charge is 0.325 e. The highest BCUT2D eigenvalue weighted by atomic mass is 16.4. The number of hydrogen-bond acceptors (Lipinski definition) is 3. The lowest BCUT2D eigenvalue weighted by atomic mass is 9.85. The van der Waals surface area contributed by atoms with Gasteiger partial charge in [-0.15, -0.1) is 0 Å². The third-order valence-corrected chi connectivity index (χ3v) is 5.11. The summed E-state index contributed by atoms with van der Waals surface area (Å²) in [5, 5.41) is 13.3. The molecule has 2 rings (SSSR count). The van der Waals surface area contributed by atoms with E-state index in [1.165, 1.54) is 12.8 Å². The van der Waals surface area contributed by atoms with E-state index in [4.69, 9.17) is 0 Å². The third-order valence-electron chi connectivity index (χ3n) is 5.11. The highest BCUT2D eigenvalue weighted by Crippen LogP contribution is 2.41. The van der Waals surface area contributed by atoms with Crippen molar-refractivity contribution in [3.8, 4) is 0 Å². The molecule has 0 aromatic rings. The van der Waals surface area contributed by atoms with Crippen molar-refractivity contribution in [3.05, 3.63) is 0 Å². The summed E-state index contributed by atoms with van der Waals surface area (Å²) in [4.78, 5) is 14.4. The zero-order chi connectivity index (χ0) is 15.7. The first-order valence-electron chi connectivity index (χ1n) is 8.49. The summed E-state index contributed by atoms with van der Waals surface area (Å²) in [6.45, 7) is 11.5. The van der Waals surface area contributed by atoms with E-state index in [0.29, 0.717) is 17.9 Å². The van der Waals surface area contributed by atoms with E-state index in [9.17, 15) is 9.90 Å². The minimum absolute atomic E-state index is 0.199. The van der Waals surface area contributed by atoms with Crippen molar-refractivity contribution in [1.82, 2.24) is 10.2 Å². The van der Waals surface area contributed by atoms with E-state index in [-0.39, 0.29) is 6.04 Å². The number of aliphatic carboxylic acids is 1. The summed E-state index contributed by atoms with van der Waals surface area (Å²) >= 11 is 0. The fourth-order valence-electron chi connectivity index (χ4n) is 3.68. The Kier molecular flexibility index (Phi) is 4.99. The van der Waals surface area contributed by atoms with Crippen molar-refractivity contribution in [1.29, 1.82) is 0 Å². The quantitative estimate of drug-likeness (QED) is 0.791. The molecule has 1 unspecified atom stereocenters. The van der Waals surface area contributed by atoms with Crippen LogP contribution in [0.5, 0.6) is 0 Å². The molecule has 2 fully saturated rings. The van der Waals surface area contributed by atoms with E-state index in [1.807, 2.05) is 13.8 Å². The summed E-state index contributed by atoms with van der Waals surface area (Å²) in [5.41, 5.74) is -0.353. The van der Waals surface area contributed by atoms with Gasteiger partial charge in [0.25, 0.3) is 0 Å². The van der Waals surface area contributed by atoms with Crippen LogP contribution in [0.4, 0.5) is 0 Å². The van der Waals surface area contributed by atoms with Crippen LogP contribution in [0.3, 0.4) is 0 Å². The minimum Gasteiger partial charge on any atom is -0.480 e. The Morgan fingerprint density at radius 1 is 1.33 bits per heavy atom. The number of hydrogen-bond donors (Lipinski definition) is 2. The van der Waals surface area contributed by atoms with Crippen molar-refractivity contribution < 1.29 is 9.90 Å². The van der Waals surface area contributed by atoms with Crippen LogP contribution in [-0.2, 0) is 4.79 Å². The molecule has 4 nitrogen and oxygen atoms in total. The van der Waals surface area contributed by atoms with Crippen LogP contribution in [0.2, 0.25) is 0 Å². The molecule has 2 aliphatic rings. The number of likely N-dealkylation sites (tertiary alicyclic amines) is 1. The second kappa shape index (κ2) is 6.25. The molecule has 1 heterocycles. The van der Waals surface area contributed by atoms with Crippen LogP contribution >= 0.6 is 0 Å². The molecule has 122 valence electrons. The number of rotatable bonds is 6. The standard InChI is InChI=1S/C17H32N2O2/c1-13(2)18-17(15(20)21,14-6-7-14)12-19-10-5-8-16(3,4)9-11-19/h13-14,18H,5-12H2,1-4H3,(H,20,21). The van der Waals surface area contributed by atoms with Gasteiger partial charge >= 0.3 is 5.97 Å². The monoisotopic (exact) mass is 296 g/mol. The van der Waals surface area contributed by atoms with Gasteiger partial charge in [0.05, 0.1) is 0 Å². The predicted octanol–water partition coefficient (Wildman–Crippen LogP) is 2.73. The van der Waals surface area contributed by atoms with Gasteiger partial charge < -0.3 is 10.0 Å².